The zero-order chi connectivity index (χ0) is 10.9. The van der Waals surface area contributed by atoms with Gasteiger partial charge in [0.2, 0.25) is 5.91 Å². The number of halogens is 2. The van der Waals surface area contributed by atoms with E-state index in [0.29, 0.717) is 0 Å². The van der Waals surface area contributed by atoms with Gasteiger partial charge in [0.05, 0.1) is 18.7 Å². The van der Waals surface area contributed by atoms with Crippen LogP contribution in [0, 0.1) is 17.2 Å². The van der Waals surface area contributed by atoms with Gasteiger partial charge in [-0.05, 0) is 5.92 Å². The fraction of sp³-hybridized carbons (Fsp3) is 0.778. The molecule has 1 rings (SSSR count). The number of hydrogen-bond donors (Lipinski definition) is 1. The van der Waals surface area contributed by atoms with Crippen LogP contribution in [0.15, 0.2) is 0 Å². The molecule has 3 atom stereocenters. The summed E-state index contributed by atoms with van der Waals surface area (Å²) in [6, 6.07) is 0.172. The van der Waals surface area contributed by atoms with E-state index in [9.17, 15) is 9.18 Å². The molecule has 0 bridgehead atoms. The fourth-order valence-electron chi connectivity index (χ4n) is 1.31. The van der Waals surface area contributed by atoms with Crippen molar-refractivity contribution in [3.63, 3.8) is 0 Å². The van der Waals surface area contributed by atoms with Gasteiger partial charge in [-0.3, -0.25) is 4.79 Å². The second-order valence-corrected chi connectivity index (χ2v) is 3.85. The van der Waals surface area contributed by atoms with Gasteiger partial charge < -0.3 is 10.6 Å². The first-order valence-corrected chi connectivity index (χ1v) is 4.58. The van der Waals surface area contributed by atoms with Gasteiger partial charge in [0, 0.05) is 0 Å². The van der Waals surface area contributed by atoms with E-state index in [1.807, 2.05) is 13.8 Å². The average Bonchev–Trinajstić information content (AvgIpc) is 2.12. The number of carbonyl (C=O) groups is 1. The molecule has 0 saturated carbocycles. The third-order valence-corrected chi connectivity index (χ3v) is 2.47. The highest BCUT2D eigenvalue weighted by atomic mass is 35.5. The summed E-state index contributed by atoms with van der Waals surface area (Å²) in [5.41, 5.74) is 5.61. The second-order valence-electron chi connectivity index (χ2n) is 3.85. The Balaban J connectivity index is 0.00000196. The highest BCUT2D eigenvalue weighted by Crippen LogP contribution is 2.22. The molecule has 0 spiro atoms. The SMILES string of the molecule is CC(C)C(N)C(=O)N1CC(F)C1C#N.Cl. The van der Waals surface area contributed by atoms with Crippen LogP contribution in [0.1, 0.15) is 13.8 Å². The van der Waals surface area contributed by atoms with Crippen LogP contribution >= 0.6 is 12.4 Å². The maximum absolute atomic E-state index is 12.8. The predicted octanol–water partition coefficient (Wildman–Crippen LogP) is 0.464. The zero-order valence-corrected chi connectivity index (χ0v) is 9.50. The van der Waals surface area contributed by atoms with E-state index < -0.39 is 18.3 Å². The van der Waals surface area contributed by atoms with Crippen molar-refractivity contribution in [2.45, 2.75) is 32.1 Å². The van der Waals surface area contributed by atoms with Crippen molar-refractivity contribution in [3.8, 4) is 6.07 Å². The molecule has 0 aromatic heterocycles. The Morgan fingerprint density at radius 1 is 1.67 bits per heavy atom. The van der Waals surface area contributed by atoms with E-state index in [-0.39, 0.29) is 30.8 Å². The van der Waals surface area contributed by atoms with E-state index in [4.69, 9.17) is 11.0 Å². The Morgan fingerprint density at radius 2 is 2.20 bits per heavy atom. The number of likely N-dealkylation sites (tertiary alicyclic amines) is 1. The van der Waals surface area contributed by atoms with E-state index in [0.717, 1.165) is 0 Å². The quantitative estimate of drug-likeness (QED) is 0.756. The zero-order valence-electron chi connectivity index (χ0n) is 8.68. The summed E-state index contributed by atoms with van der Waals surface area (Å²) in [5, 5.41) is 8.57. The monoisotopic (exact) mass is 235 g/mol. The molecule has 0 aromatic rings. The number of nitrogens with two attached hydrogens (primary N) is 1. The molecular formula is C9H15ClFN3O. The van der Waals surface area contributed by atoms with Crippen LogP contribution in [0.3, 0.4) is 0 Å². The van der Waals surface area contributed by atoms with Crippen LogP contribution in [0.4, 0.5) is 4.39 Å². The van der Waals surface area contributed by atoms with Gasteiger partial charge in [0.15, 0.2) is 12.2 Å². The number of amides is 1. The first-order chi connectivity index (χ1) is 6.49. The van der Waals surface area contributed by atoms with Crippen molar-refractivity contribution >= 4 is 18.3 Å². The summed E-state index contributed by atoms with van der Waals surface area (Å²) >= 11 is 0. The summed E-state index contributed by atoms with van der Waals surface area (Å²) < 4.78 is 12.8. The maximum atomic E-state index is 12.8. The van der Waals surface area contributed by atoms with Crippen LogP contribution < -0.4 is 5.73 Å². The smallest absolute Gasteiger partial charge is 0.241 e. The van der Waals surface area contributed by atoms with Crippen molar-refractivity contribution in [2.75, 3.05) is 6.54 Å². The Kier molecular flexibility index (Phi) is 4.98. The summed E-state index contributed by atoms with van der Waals surface area (Å²) in [5.74, 6) is -0.332. The minimum absolute atomic E-state index is 0. The molecule has 1 amide bonds. The molecule has 86 valence electrons. The van der Waals surface area contributed by atoms with Crippen LogP contribution in [-0.2, 0) is 4.79 Å². The van der Waals surface area contributed by atoms with E-state index >= 15 is 0 Å². The van der Waals surface area contributed by atoms with Gasteiger partial charge in [0.25, 0.3) is 0 Å². The van der Waals surface area contributed by atoms with Crippen LogP contribution in [0.25, 0.3) is 0 Å². The number of hydrogen-bond acceptors (Lipinski definition) is 3. The van der Waals surface area contributed by atoms with Crippen molar-refractivity contribution in [1.82, 2.24) is 4.90 Å². The first kappa shape index (κ1) is 14.1. The lowest BCUT2D eigenvalue weighted by Gasteiger charge is -2.41. The number of nitriles is 1. The number of alkyl halides is 1. The largest absolute Gasteiger partial charge is 0.320 e. The summed E-state index contributed by atoms with van der Waals surface area (Å²) in [6.45, 7) is 3.63. The molecular weight excluding hydrogens is 221 g/mol. The van der Waals surface area contributed by atoms with Crippen molar-refractivity contribution in [3.05, 3.63) is 0 Å². The lowest BCUT2D eigenvalue weighted by Crippen LogP contribution is -2.63. The molecule has 0 aromatic carbocycles. The summed E-state index contributed by atoms with van der Waals surface area (Å²) in [4.78, 5) is 12.8. The van der Waals surface area contributed by atoms with Crippen molar-refractivity contribution in [2.24, 2.45) is 11.7 Å². The Labute approximate surface area is 94.6 Å². The molecule has 6 heteroatoms. The molecule has 1 aliphatic heterocycles. The Hall–Kier alpha value is -0.860. The van der Waals surface area contributed by atoms with Crippen LogP contribution in [0.2, 0.25) is 0 Å². The predicted molar refractivity (Wildman–Crippen MR) is 56.1 cm³/mol. The van der Waals surface area contributed by atoms with Gasteiger partial charge in [-0.1, -0.05) is 13.8 Å². The molecule has 0 radical (unpaired) electrons. The molecule has 4 nitrogen and oxygen atoms in total. The number of carbonyl (C=O) groups excluding carboxylic acids is 1. The van der Waals surface area contributed by atoms with E-state index in [1.54, 1.807) is 6.07 Å². The summed E-state index contributed by atoms with van der Waals surface area (Å²) in [6.07, 6.45) is -1.22. The highest BCUT2D eigenvalue weighted by molar-refractivity contribution is 5.85. The fourth-order valence-corrected chi connectivity index (χ4v) is 1.31. The van der Waals surface area contributed by atoms with Crippen molar-refractivity contribution in [1.29, 1.82) is 5.26 Å². The second kappa shape index (κ2) is 5.29. The molecule has 1 heterocycles. The van der Waals surface area contributed by atoms with Gasteiger partial charge in [-0.2, -0.15) is 5.26 Å². The third-order valence-electron chi connectivity index (χ3n) is 2.47. The van der Waals surface area contributed by atoms with Crippen LogP contribution in [0.5, 0.6) is 0 Å². The molecule has 0 aliphatic carbocycles. The topological polar surface area (TPSA) is 70.1 Å². The average molecular weight is 236 g/mol. The Bertz CT molecular complexity index is 279. The maximum Gasteiger partial charge on any atom is 0.241 e. The van der Waals surface area contributed by atoms with E-state index in [1.165, 1.54) is 4.90 Å². The van der Waals surface area contributed by atoms with Crippen LogP contribution in [-0.4, -0.2) is 35.6 Å². The van der Waals surface area contributed by atoms with Gasteiger partial charge in [-0.15, -0.1) is 12.4 Å². The minimum atomic E-state index is -1.22. The molecule has 1 saturated heterocycles. The van der Waals surface area contributed by atoms with Gasteiger partial charge >= 0.3 is 0 Å². The molecule has 15 heavy (non-hydrogen) atoms. The first-order valence-electron chi connectivity index (χ1n) is 4.58. The van der Waals surface area contributed by atoms with Gasteiger partial charge in [-0.25, -0.2) is 4.39 Å². The lowest BCUT2D eigenvalue weighted by atomic mass is 9.97. The van der Waals surface area contributed by atoms with E-state index in [2.05, 4.69) is 0 Å². The number of nitrogens with zero attached hydrogens (tertiary/aromatic N) is 2. The Morgan fingerprint density at radius 3 is 2.53 bits per heavy atom. The molecule has 1 fully saturated rings. The van der Waals surface area contributed by atoms with Gasteiger partial charge in [0.1, 0.15) is 0 Å². The third kappa shape index (κ3) is 2.58. The normalized spacial score (nSPS) is 26.3. The van der Waals surface area contributed by atoms with Crippen molar-refractivity contribution < 1.29 is 9.18 Å². The minimum Gasteiger partial charge on any atom is -0.320 e. The highest BCUT2D eigenvalue weighted by Gasteiger charge is 2.44. The lowest BCUT2D eigenvalue weighted by molar-refractivity contribution is -0.144. The number of rotatable bonds is 2. The molecule has 3 unspecified atom stereocenters. The standard InChI is InChI=1S/C9H14FN3O.ClH/c1-5(2)8(12)9(14)13-4-6(10)7(13)3-11;/h5-8H,4,12H2,1-2H3;1H. The molecule has 2 N–H and O–H groups in total. The molecule has 1 aliphatic rings. The summed E-state index contributed by atoms with van der Waals surface area (Å²) in [7, 11) is 0.